The summed E-state index contributed by atoms with van der Waals surface area (Å²) in [7, 11) is 4.48. The van der Waals surface area contributed by atoms with Crippen LogP contribution in [0.3, 0.4) is 0 Å². The highest BCUT2D eigenvalue weighted by Crippen LogP contribution is 2.40. The van der Waals surface area contributed by atoms with E-state index in [1.807, 2.05) is 0 Å². The Labute approximate surface area is 112 Å². The van der Waals surface area contributed by atoms with E-state index >= 15 is 0 Å². The van der Waals surface area contributed by atoms with Crippen LogP contribution in [0.25, 0.3) is 0 Å². The second-order valence-corrected chi connectivity index (χ2v) is 4.40. The molecule has 0 spiro atoms. The van der Waals surface area contributed by atoms with Crippen LogP contribution in [0.2, 0.25) is 0 Å². The highest BCUT2D eigenvalue weighted by Gasteiger charge is 2.27. The zero-order chi connectivity index (χ0) is 14.6. The molecule has 0 heterocycles. The lowest BCUT2D eigenvalue weighted by molar-refractivity contribution is -0.138. The zero-order valence-electron chi connectivity index (χ0n) is 11.5. The minimum atomic E-state index is -1.03. The maximum Gasteiger partial charge on any atom is 0.305 e. The van der Waals surface area contributed by atoms with E-state index < -0.39 is 11.5 Å². The number of rotatable bonds is 6. The maximum atomic E-state index is 10.9. The molecule has 1 aromatic rings. The minimum Gasteiger partial charge on any atom is -0.493 e. The van der Waals surface area contributed by atoms with Crippen LogP contribution in [0.1, 0.15) is 18.9 Å². The second kappa shape index (κ2) is 5.79. The lowest BCUT2D eigenvalue weighted by Gasteiger charge is -2.25. The second-order valence-electron chi connectivity index (χ2n) is 4.40. The van der Waals surface area contributed by atoms with Crippen molar-refractivity contribution in [3.63, 3.8) is 0 Å². The van der Waals surface area contributed by atoms with Crippen LogP contribution in [0.5, 0.6) is 17.2 Å². The van der Waals surface area contributed by atoms with Crippen molar-refractivity contribution >= 4 is 5.97 Å². The number of ether oxygens (including phenoxy) is 3. The van der Waals surface area contributed by atoms with Crippen LogP contribution in [-0.4, -0.2) is 32.4 Å². The van der Waals surface area contributed by atoms with Crippen molar-refractivity contribution in [1.82, 2.24) is 0 Å². The number of aliphatic carboxylic acids is 1. The molecule has 0 fully saturated rings. The lowest BCUT2D eigenvalue weighted by Crippen LogP contribution is -2.35. The number of methoxy groups -OCH3 is 3. The molecule has 19 heavy (non-hydrogen) atoms. The maximum absolute atomic E-state index is 10.9. The largest absolute Gasteiger partial charge is 0.493 e. The van der Waals surface area contributed by atoms with Gasteiger partial charge in [0, 0.05) is 5.54 Å². The first kappa shape index (κ1) is 15.1. The first-order chi connectivity index (χ1) is 8.85. The van der Waals surface area contributed by atoms with Gasteiger partial charge < -0.3 is 25.1 Å². The zero-order valence-corrected chi connectivity index (χ0v) is 11.5. The molecule has 0 saturated carbocycles. The SMILES string of the molecule is COc1cc(C(C)(N)CC(=O)O)cc(OC)c1OC. The standard InChI is InChI=1S/C13H19NO5/c1-13(14,7-11(15)16)8-5-9(17-2)12(19-4)10(6-8)18-3/h5-6H,7,14H2,1-4H3,(H,15,16). The quantitative estimate of drug-likeness (QED) is 0.810. The van der Waals surface area contributed by atoms with E-state index in [1.165, 1.54) is 21.3 Å². The van der Waals surface area contributed by atoms with Crippen molar-refractivity contribution < 1.29 is 24.1 Å². The van der Waals surface area contributed by atoms with Gasteiger partial charge in [-0.05, 0) is 24.6 Å². The van der Waals surface area contributed by atoms with Crippen molar-refractivity contribution in [3.8, 4) is 17.2 Å². The van der Waals surface area contributed by atoms with Gasteiger partial charge in [0.15, 0.2) is 11.5 Å². The number of carboxylic acid groups (broad SMARTS) is 1. The Kier molecular flexibility index (Phi) is 4.61. The number of hydrogen-bond acceptors (Lipinski definition) is 5. The first-order valence-electron chi connectivity index (χ1n) is 5.67. The van der Waals surface area contributed by atoms with E-state index in [2.05, 4.69) is 0 Å². The fourth-order valence-corrected chi connectivity index (χ4v) is 1.83. The van der Waals surface area contributed by atoms with Crippen LogP contribution >= 0.6 is 0 Å². The number of carbonyl (C=O) groups is 1. The summed E-state index contributed by atoms with van der Waals surface area (Å²) in [6.45, 7) is 1.64. The molecule has 1 unspecified atom stereocenters. The number of nitrogens with two attached hydrogens (primary N) is 1. The molecule has 1 atom stereocenters. The summed E-state index contributed by atoms with van der Waals surface area (Å²) in [5.41, 5.74) is 5.62. The molecule has 0 aliphatic heterocycles. The average Bonchev–Trinajstić information content (AvgIpc) is 2.35. The highest BCUT2D eigenvalue weighted by atomic mass is 16.5. The van der Waals surface area contributed by atoms with Gasteiger partial charge in [-0.1, -0.05) is 0 Å². The molecule has 3 N–H and O–H groups in total. The molecule has 6 heteroatoms. The Morgan fingerprint density at radius 3 is 2.00 bits per heavy atom. The molecule has 0 aromatic heterocycles. The van der Waals surface area contributed by atoms with E-state index in [0.717, 1.165) is 0 Å². The fraction of sp³-hybridized carbons (Fsp3) is 0.462. The van der Waals surface area contributed by atoms with Crippen LogP contribution in [0.4, 0.5) is 0 Å². The highest BCUT2D eigenvalue weighted by molar-refractivity contribution is 5.69. The first-order valence-corrected chi connectivity index (χ1v) is 5.67. The Morgan fingerprint density at radius 1 is 1.21 bits per heavy atom. The third-order valence-corrected chi connectivity index (χ3v) is 2.84. The Bertz CT molecular complexity index is 445. The van der Waals surface area contributed by atoms with Gasteiger partial charge in [0.2, 0.25) is 5.75 Å². The molecule has 0 aliphatic carbocycles. The van der Waals surface area contributed by atoms with Gasteiger partial charge in [0.25, 0.3) is 0 Å². The van der Waals surface area contributed by atoms with Gasteiger partial charge in [0.1, 0.15) is 0 Å². The van der Waals surface area contributed by atoms with Crippen LogP contribution in [-0.2, 0) is 10.3 Å². The number of carboxylic acids is 1. The third kappa shape index (κ3) is 3.29. The van der Waals surface area contributed by atoms with Gasteiger partial charge in [0.05, 0.1) is 27.8 Å². The number of benzene rings is 1. The van der Waals surface area contributed by atoms with E-state index in [0.29, 0.717) is 22.8 Å². The molecule has 0 radical (unpaired) electrons. The fourth-order valence-electron chi connectivity index (χ4n) is 1.83. The Balaban J connectivity index is 3.33. The van der Waals surface area contributed by atoms with Gasteiger partial charge in [-0.3, -0.25) is 4.79 Å². The van der Waals surface area contributed by atoms with Crippen LogP contribution in [0, 0.1) is 0 Å². The molecule has 0 saturated heterocycles. The van der Waals surface area contributed by atoms with Crippen LogP contribution in [0.15, 0.2) is 12.1 Å². The van der Waals surface area contributed by atoms with Crippen molar-refractivity contribution in [3.05, 3.63) is 17.7 Å². The molecule has 0 aliphatic rings. The van der Waals surface area contributed by atoms with Gasteiger partial charge in [-0.25, -0.2) is 0 Å². The molecule has 106 valence electrons. The van der Waals surface area contributed by atoms with Crippen LogP contribution < -0.4 is 19.9 Å². The minimum absolute atomic E-state index is 0.203. The molecule has 0 bridgehead atoms. The van der Waals surface area contributed by atoms with E-state index in [4.69, 9.17) is 25.1 Å². The Morgan fingerprint density at radius 2 is 1.68 bits per heavy atom. The third-order valence-electron chi connectivity index (χ3n) is 2.84. The molecule has 1 aromatic carbocycles. The summed E-state index contributed by atoms with van der Waals surface area (Å²) in [5, 5.41) is 8.90. The summed E-state index contributed by atoms with van der Waals surface area (Å²) in [4.78, 5) is 10.9. The van der Waals surface area contributed by atoms with E-state index in [9.17, 15) is 4.79 Å². The summed E-state index contributed by atoms with van der Waals surface area (Å²) < 4.78 is 15.6. The summed E-state index contributed by atoms with van der Waals surface area (Å²) >= 11 is 0. The molecule has 1 rings (SSSR count). The topological polar surface area (TPSA) is 91.0 Å². The summed E-state index contributed by atoms with van der Waals surface area (Å²) in [6, 6.07) is 3.31. The van der Waals surface area contributed by atoms with Gasteiger partial charge in [-0.15, -0.1) is 0 Å². The molecular weight excluding hydrogens is 250 g/mol. The van der Waals surface area contributed by atoms with E-state index in [1.54, 1.807) is 19.1 Å². The monoisotopic (exact) mass is 269 g/mol. The molecule has 6 nitrogen and oxygen atoms in total. The van der Waals surface area contributed by atoms with E-state index in [-0.39, 0.29) is 6.42 Å². The molecular formula is C13H19NO5. The van der Waals surface area contributed by atoms with Crippen molar-refractivity contribution in [2.45, 2.75) is 18.9 Å². The average molecular weight is 269 g/mol. The summed E-state index contributed by atoms with van der Waals surface area (Å²) in [5.74, 6) is 0.358. The van der Waals surface area contributed by atoms with Gasteiger partial charge >= 0.3 is 5.97 Å². The van der Waals surface area contributed by atoms with Crippen molar-refractivity contribution in [2.75, 3.05) is 21.3 Å². The predicted molar refractivity (Wildman–Crippen MR) is 69.9 cm³/mol. The molecule has 0 amide bonds. The number of hydrogen-bond donors (Lipinski definition) is 2. The summed E-state index contributed by atoms with van der Waals surface area (Å²) in [6.07, 6.45) is -0.203. The van der Waals surface area contributed by atoms with Gasteiger partial charge in [-0.2, -0.15) is 0 Å². The van der Waals surface area contributed by atoms with Crippen molar-refractivity contribution in [1.29, 1.82) is 0 Å². The lowest BCUT2D eigenvalue weighted by atomic mass is 9.89. The normalized spacial score (nSPS) is 13.5. The smallest absolute Gasteiger partial charge is 0.305 e. The predicted octanol–water partition coefficient (Wildman–Crippen LogP) is 1.36. The Hall–Kier alpha value is -1.95. The van der Waals surface area contributed by atoms with Crippen molar-refractivity contribution in [2.24, 2.45) is 5.73 Å².